The molecule has 1 aliphatic rings. The molecule has 0 radical (unpaired) electrons. The van der Waals surface area contributed by atoms with E-state index in [1.807, 2.05) is 0 Å². The van der Waals surface area contributed by atoms with Crippen LogP contribution in [0.2, 0.25) is 0 Å². The molecule has 0 aromatic heterocycles. The molecule has 14 heavy (non-hydrogen) atoms. The second-order valence-corrected chi connectivity index (χ2v) is 4.31. The molecule has 0 spiro atoms. The smallest absolute Gasteiger partial charge is 0.0417 e. The van der Waals surface area contributed by atoms with Gasteiger partial charge < -0.3 is 10.2 Å². The van der Waals surface area contributed by atoms with Gasteiger partial charge in [0.05, 0.1) is 0 Å². The Bertz CT molecular complexity index is 331. The van der Waals surface area contributed by atoms with E-state index in [0.717, 1.165) is 6.54 Å². The normalized spacial score (nSPS) is 14.7. The van der Waals surface area contributed by atoms with Crippen LogP contribution in [0.15, 0.2) is 18.2 Å². The highest BCUT2D eigenvalue weighted by Crippen LogP contribution is 2.29. The molecule has 0 amide bonds. The summed E-state index contributed by atoms with van der Waals surface area (Å²) in [7, 11) is 2.16. The van der Waals surface area contributed by atoms with Gasteiger partial charge in [0.25, 0.3) is 0 Å². The van der Waals surface area contributed by atoms with Crippen LogP contribution in [-0.4, -0.2) is 19.6 Å². The van der Waals surface area contributed by atoms with Crippen molar-refractivity contribution >= 4 is 11.4 Å². The van der Waals surface area contributed by atoms with E-state index in [1.165, 1.54) is 23.4 Å². The highest BCUT2D eigenvalue weighted by molar-refractivity contribution is 5.65. The molecule has 0 atom stereocenters. The number of hydrogen-bond donors (Lipinski definition) is 1. The summed E-state index contributed by atoms with van der Waals surface area (Å²) in [5, 5.41) is 3.43. The van der Waals surface area contributed by atoms with Gasteiger partial charge in [-0.05, 0) is 38.0 Å². The monoisotopic (exact) mass is 190 g/mol. The highest BCUT2D eigenvalue weighted by atomic mass is 15.1. The molecule has 76 valence electrons. The van der Waals surface area contributed by atoms with Crippen LogP contribution in [0.4, 0.5) is 11.4 Å². The SMILES string of the molecule is CC(C)Nc1ccc2c(c1)N(C)CC2. The predicted molar refractivity (Wildman–Crippen MR) is 62.2 cm³/mol. The van der Waals surface area contributed by atoms with Crippen LogP contribution in [-0.2, 0) is 6.42 Å². The zero-order valence-corrected chi connectivity index (χ0v) is 9.17. The van der Waals surface area contributed by atoms with E-state index in [4.69, 9.17) is 0 Å². The molecule has 0 saturated heterocycles. The molecule has 0 aliphatic carbocycles. The summed E-state index contributed by atoms with van der Waals surface area (Å²) in [5.41, 5.74) is 4.09. The van der Waals surface area contributed by atoms with Crippen molar-refractivity contribution in [2.24, 2.45) is 0 Å². The number of likely N-dealkylation sites (N-methyl/N-ethyl adjacent to an activating group) is 1. The van der Waals surface area contributed by atoms with Gasteiger partial charge in [0.1, 0.15) is 0 Å². The van der Waals surface area contributed by atoms with Crippen molar-refractivity contribution in [3.63, 3.8) is 0 Å². The third-order valence-corrected chi connectivity index (χ3v) is 2.67. The van der Waals surface area contributed by atoms with Crippen molar-refractivity contribution in [2.45, 2.75) is 26.3 Å². The number of nitrogens with zero attached hydrogens (tertiary/aromatic N) is 1. The quantitative estimate of drug-likeness (QED) is 0.770. The summed E-state index contributed by atoms with van der Waals surface area (Å²) in [6.45, 7) is 5.48. The fourth-order valence-corrected chi connectivity index (χ4v) is 1.96. The summed E-state index contributed by atoms with van der Waals surface area (Å²) < 4.78 is 0. The van der Waals surface area contributed by atoms with Gasteiger partial charge in [-0.2, -0.15) is 0 Å². The lowest BCUT2D eigenvalue weighted by atomic mass is 10.1. The Hall–Kier alpha value is -1.18. The predicted octanol–water partition coefficient (Wildman–Crippen LogP) is 2.50. The Balaban J connectivity index is 2.26. The van der Waals surface area contributed by atoms with Gasteiger partial charge in [-0.15, -0.1) is 0 Å². The topological polar surface area (TPSA) is 15.3 Å². The Morgan fingerprint density at radius 1 is 1.36 bits per heavy atom. The van der Waals surface area contributed by atoms with Crippen LogP contribution in [0.3, 0.4) is 0 Å². The number of fused-ring (bicyclic) bond motifs is 1. The van der Waals surface area contributed by atoms with Gasteiger partial charge in [0.15, 0.2) is 0 Å². The minimum absolute atomic E-state index is 0.500. The molecule has 0 unspecified atom stereocenters. The lowest BCUT2D eigenvalue weighted by Gasteiger charge is -2.15. The van der Waals surface area contributed by atoms with E-state index in [9.17, 15) is 0 Å². The van der Waals surface area contributed by atoms with E-state index >= 15 is 0 Å². The molecule has 1 aromatic carbocycles. The van der Waals surface area contributed by atoms with Gasteiger partial charge in [0, 0.05) is 31.0 Å². The average molecular weight is 190 g/mol. The molecular formula is C12H18N2. The lowest BCUT2D eigenvalue weighted by Crippen LogP contribution is -2.13. The molecule has 1 aliphatic heterocycles. The zero-order chi connectivity index (χ0) is 10.1. The molecule has 1 N–H and O–H groups in total. The molecule has 0 fully saturated rings. The van der Waals surface area contributed by atoms with Crippen LogP contribution < -0.4 is 10.2 Å². The third-order valence-electron chi connectivity index (χ3n) is 2.67. The number of nitrogens with one attached hydrogen (secondary N) is 1. The molecule has 1 aromatic rings. The first kappa shape index (κ1) is 9.38. The van der Waals surface area contributed by atoms with Gasteiger partial charge in [-0.3, -0.25) is 0 Å². The summed E-state index contributed by atoms with van der Waals surface area (Å²) in [4.78, 5) is 2.32. The van der Waals surface area contributed by atoms with Crippen LogP contribution in [0, 0.1) is 0 Å². The molecule has 2 heteroatoms. The highest BCUT2D eigenvalue weighted by Gasteiger charge is 2.15. The average Bonchev–Trinajstić information content (AvgIpc) is 2.47. The first-order valence-corrected chi connectivity index (χ1v) is 5.27. The molecule has 2 rings (SSSR count). The fourth-order valence-electron chi connectivity index (χ4n) is 1.96. The number of anilines is 2. The minimum atomic E-state index is 0.500. The summed E-state index contributed by atoms with van der Waals surface area (Å²) >= 11 is 0. The van der Waals surface area contributed by atoms with Crippen LogP contribution >= 0.6 is 0 Å². The van der Waals surface area contributed by atoms with Gasteiger partial charge in [-0.25, -0.2) is 0 Å². The third kappa shape index (κ3) is 1.69. The first-order chi connectivity index (χ1) is 6.66. The fraction of sp³-hybridized carbons (Fsp3) is 0.500. The standard InChI is InChI=1S/C12H18N2/c1-9(2)13-11-5-4-10-6-7-14(3)12(10)8-11/h4-5,8-9,13H,6-7H2,1-3H3. The van der Waals surface area contributed by atoms with Crippen molar-refractivity contribution in [3.05, 3.63) is 23.8 Å². The summed E-state index contributed by atoms with van der Waals surface area (Å²) in [5.74, 6) is 0. The van der Waals surface area contributed by atoms with E-state index in [2.05, 4.69) is 49.3 Å². The Kier molecular flexibility index (Phi) is 2.36. The zero-order valence-electron chi connectivity index (χ0n) is 9.17. The lowest BCUT2D eigenvalue weighted by molar-refractivity contribution is 0.899. The maximum Gasteiger partial charge on any atom is 0.0417 e. The van der Waals surface area contributed by atoms with Crippen LogP contribution in [0.5, 0.6) is 0 Å². The minimum Gasteiger partial charge on any atom is -0.383 e. The van der Waals surface area contributed by atoms with Crippen LogP contribution in [0.25, 0.3) is 0 Å². The van der Waals surface area contributed by atoms with Crippen molar-refractivity contribution in [3.8, 4) is 0 Å². The molecule has 1 heterocycles. The van der Waals surface area contributed by atoms with E-state index in [1.54, 1.807) is 0 Å². The Morgan fingerprint density at radius 3 is 2.86 bits per heavy atom. The van der Waals surface area contributed by atoms with E-state index < -0.39 is 0 Å². The number of hydrogen-bond acceptors (Lipinski definition) is 2. The van der Waals surface area contributed by atoms with Crippen molar-refractivity contribution < 1.29 is 0 Å². The van der Waals surface area contributed by atoms with E-state index in [0.29, 0.717) is 6.04 Å². The second kappa shape index (κ2) is 3.52. The van der Waals surface area contributed by atoms with Crippen molar-refractivity contribution in [1.82, 2.24) is 0 Å². The molecule has 2 nitrogen and oxygen atoms in total. The second-order valence-electron chi connectivity index (χ2n) is 4.31. The summed E-state index contributed by atoms with van der Waals surface area (Å²) in [6.07, 6.45) is 1.19. The van der Waals surface area contributed by atoms with Crippen molar-refractivity contribution in [1.29, 1.82) is 0 Å². The van der Waals surface area contributed by atoms with Gasteiger partial charge in [0.2, 0.25) is 0 Å². The van der Waals surface area contributed by atoms with Crippen molar-refractivity contribution in [2.75, 3.05) is 23.8 Å². The molecule has 0 saturated carbocycles. The number of rotatable bonds is 2. The Labute approximate surface area is 85.9 Å². The summed E-state index contributed by atoms with van der Waals surface area (Å²) in [6, 6.07) is 7.17. The van der Waals surface area contributed by atoms with Gasteiger partial charge in [-0.1, -0.05) is 6.07 Å². The maximum atomic E-state index is 3.43. The largest absolute Gasteiger partial charge is 0.383 e. The van der Waals surface area contributed by atoms with E-state index in [-0.39, 0.29) is 0 Å². The van der Waals surface area contributed by atoms with Crippen LogP contribution in [0.1, 0.15) is 19.4 Å². The first-order valence-electron chi connectivity index (χ1n) is 5.27. The molecule has 0 bridgehead atoms. The molecular weight excluding hydrogens is 172 g/mol. The maximum absolute atomic E-state index is 3.43. The number of benzene rings is 1. The van der Waals surface area contributed by atoms with Gasteiger partial charge >= 0.3 is 0 Å². The Morgan fingerprint density at radius 2 is 2.14 bits per heavy atom.